The topological polar surface area (TPSA) is 56.7 Å². The molecular formula is C35H24N4O. The summed E-state index contributed by atoms with van der Waals surface area (Å²) in [4.78, 5) is 14.9. The number of hydrogen-bond acceptors (Lipinski definition) is 4. The highest BCUT2D eigenvalue weighted by atomic mass is 16.3. The van der Waals surface area contributed by atoms with Gasteiger partial charge in [-0.25, -0.2) is 9.97 Å². The van der Waals surface area contributed by atoms with Crippen molar-refractivity contribution in [1.29, 1.82) is 0 Å². The molecule has 0 aliphatic heterocycles. The summed E-state index contributed by atoms with van der Waals surface area (Å²) >= 11 is 0. The first-order chi connectivity index (χ1) is 19.7. The number of aromatic nitrogens is 4. The Labute approximate surface area is 230 Å². The lowest BCUT2D eigenvalue weighted by molar-refractivity contribution is 0.655. The Morgan fingerprint density at radius 3 is 2.20 bits per heavy atom. The van der Waals surface area contributed by atoms with Crippen molar-refractivity contribution in [3.63, 3.8) is 0 Å². The van der Waals surface area contributed by atoms with Crippen molar-refractivity contribution in [2.24, 2.45) is 0 Å². The smallest absolute Gasteiger partial charge is 0.227 e. The van der Waals surface area contributed by atoms with Crippen LogP contribution in [0.5, 0.6) is 0 Å². The number of para-hydroxylation sites is 1. The van der Waals surface area contributed by atoms with E-state index in [1.165, 1.54) is 0 Å². The van der Waals surface area contributed by atoms with Gasteiger partial charge in [0.05, 0.1) is 27.8 Å². The van der Waals surface area contributed by atoms with Crippen molar-refractivity contribution in [2.75, 3.05) is 0 Å². The molecule has 0 spiro atoms. The minimum atomic E-state index is 0.624. The van der Waals surface area contributed by atoms with Crippen LogP contribution in [0.2, 0.25) is 0 Å². The second-order valence-electron chi connectivity index (χ2n) is 10.2. The van der Waals surface area contributed by atoms with E-state index >= 15 is 0 Å². The Hall–Kier alpha value is -5.29. The van der Waals surface area contributed by atoms with Gasteiger partial charge in [0.25, 0.3) is 0 Å². The van der Waals surface area contributed by atoms with Gasteiger partial charge >= 0.3 is 0 Å². The number of benzene rings is 4. The Balaban J connectivity index is 1.46. The largest absolute Gasteiger partial charge is 0.437 e. The fourth-order valence-electron chi connectivity index (χ4n) is 5.76. The number of aryl methyl sites for hydroxylation is 2. The standard InChI is InChI=1S/C35H24N4O/c1-21-13-15-27(33-31(21)26-17-18-28(38-35(26)40-33)23-9-5-3-6-10-23)34-37-30-20-19-29-25(16-14-22(2)36-29)32(30)39(34)24-11-7-4-8-12-24/h3-20H,1-2H3. The third kappa shape index (κ3) is 3.38. The van der Waals surface area contributed by atoms with Crippen molar-refractivity contribution in [3.8, 4) is 28.3 Å². The summed E-state index contributed by atoms with van der Waals surface area (Å²) in [5.41, 5.74) is 10.3. The molecule has 0 aliphatic carbocycles. The molecule has 0 fully saturated rings. The molecule has 5 nitrogen and oxygen atoms in total. The van der Waals surface area contributed by atoms with Gasteiger partial charge < -0.3 is 4.42 Å². The predicted molar refractivity (Wildman–Crippen MR) is 162 cm³/mol. The summed E-state index contributed by atoms with van der Waals surface area (Å²) in [6, 6.07) is 37.3. The zero-order chi connectivity index (χ0) is 26.8. The number of imidazole rings is 1. The Bertz CT molecular complexity index is 2230. The molecular weight excluding hydrogens is 492 g/mol. The van der Waals surface area contributed by atoms with Gasteiger partial charge in [-0.2, -0.15) is 0 Å². The number of rotatable bonds is 3. The highest BCUT2D eigenvalue weighted by Gasteiger charge is 2.22. The van der Waals surface area contributed by atoms with Crippen molar-refractivity contribution in [1.82, 2.24) is 19.5 Å². The molecule has 5 heteroatoms. The van der Waals surface area contributed by atoms with Gasteiger partial charge in [-0.05, 0) is 74.0 Å². The van der Waals surface area contributed by atoms with E-state index in [-0.39, 0.29) is 0 Å². The highest BCUT2D eigenvalue weighted by Crippen LogP contribution is 2.40. The van der Waals surface area contributed by atoms with E-state index in [2.05, 4.69) is 96.4 Å². The lowest BCUT2D eigenvalue weighted by Gasteiger charge is -2.12. The maximum Gasteiger partial charge on any atom is 0.227 e. The average molecular weight is 517 g/mol. The molecule has 40 heavy (non-hydrogen) atoms. The molecule has 0 aliphatic rings. The summed E-state index contributed by atoms with van der Waals surface area (Å²) in [6.45, 7) is 4.14. The van der Waals surface area contributed by atoms with Crippen molar-refractivity contribution in [3.05, 3.63) is 120 Å². The minimum Gasteiger partial charge on any atom is -0.437 e. The van der Waals surface area contributed by atoms with Gasteiger partial charge in [-0.3, -0.25) is 9.55 Å². The van der Waals surface area contributed by atoms with Crippen molar-refractivity contribution in [2.45, 2.75) is 13.8 Å². The molecule has 0 radical (unpaired) electrons. The van der Waals surface area contributed by atoms with Crippen LogP contribution in [-0.2, 0) is 0 Å². The number of pyridine rings is 2. The molecule has 0 atom stereocenters. The number of fused-ring (bicyclic) bond motifs is 6. The van der Waals surface area contributed by atoms with E-state index in [4.69, 9.17) is 19.4 Å². The molecule has 0 unspecified atom stereocenters. The molecule has 190 valence electrons. The highest BCUT2D eigenvalue weighted by molar-refractivity contribution is 6.11. The first kappa shape index (κ1) is 22.7. The molecule has 0 saturated heterocycles. The maximum atomic E-state index is 6.59. The van der Waals surface area contributed by atoms with Gasteiger partial charge in [0.15, 0.2) is 0 Å². The minimum absolute atomic E-state index is 0.624. The molecule has 8 rings (SSSR count). The molecule has 4 aromatic heterocycles. The van der Waals surface area contributed by atoms with E-state index in [9.17, 15) is 0 Å². The van der Waals surface area contributed by atoms with Crippen LogP contribution in [-0.4, -0.2) is 19.5 Å². The molecule has 0 saturated carbocycles. The number of hydrogen-bond donors (Lipinski definition) is 0. The van der Waals surface area contributed by atoms with Gasteiger partial charge in [0, 0.05) is 33.1 Å². The van der Waals surface area contributed by atoms with Crippen LogP contribution in [0.4, 0.5) is 0 Å². The monoisotopic (exact) mass is 516 g/mol. The molecule has 4 aromatic carbocycles. The van der Waals surface area contributed by atoms with Crippen molar-refractivity contribution < 1.29 is 4.42 Å². The van der Waals surface area contributed by atoms with Crippen LogP contribution in [0.15, 0.2) is 114 Å². The van der Waals surface area contributed by atoms with Crippen molar-refractivity contribution >= 4 is 44.0 Å². The van der Waals surface area contributed by atoms with Crippen LogP contribution >= 0.6 is 0 Å². The van der Waals surface area contributed by atoms with Crippen LogP contribution in [0, 0.1) is 13.8 Å². The summed E-state index contributed by atoms with van der Waals surface area (Å²) in [5.74, 6) is 0.821. The fourth-order valence-corrected chi connectivity index (χ4v) is 5.76. The van der Waals surface area contributed by atoms with E-state index in [1.807, 2.05) is 31.2 Å². The van der Waals surface area contributed by atoms with Crippen LogP contribution in [0.1, 0.15) is 11.3 Å². The lowest BCUT2D eigenvalue weighted by atomic mass is 10.0. The average Bonchev–Trinajstić information content (AvgIpc) is 3.57. The molecule has 0 amide bonds. The SMILES string of the molecule is Cc1ccc2c(ccc3nc(-c4ccc(C)c5c4oc4nc(-c6ccccc6)ccc45)n(-c4ccccc4)c32)n1. The zero-order valence-corrected chi connectivity index (χ0v) is 22.1. The molecule has 8 aromatic rings. The summed E-state index contributed by atoms with van der Waals surface area (Å²) in [5, 5.41) is 3.13. The Morgan fingerprint density at radius 1 is 0.625 bits per heavy atom. The summed E-state index contributed by atoms with van der Waals surface area (Å²) < 4.78 is 8.83. The van der Waals surface area contributed by atoms with Gasteiger partial charge in [-0.1, -0.05) is 54.6 Å². The number of furan rings is 1. The second kappa shape index (κ2) is 8.61. The first-order valence-corrected chi connectivity index (χ1v) is 13.4. The Kier molecular flexibility index (Phi) is 4.88. The lowest BCUT2D eigenvalue weighted by Crippen LogP contribution is -1.98. The predicted octanol–water partition coefficient (Wildman–Crippen LogP) is 8.82. The fraction of sp³-hybridized carbons (Fsp3) is 0.0571. The Morgan fingerprint density at radius 2 is 1.38 bits per heavy atom. The van der Waals surface area contributed by atoms with E-state index in [0.29, 0.717) is 5.71 Å². The van der Waals surface area contributed by atoms with Crippen LogP contribution < -0.4 is 0 Å². The summed E-state index contributed by atoms with van der Waals surface area (Å²) in [6.07, 6.45) is 0. The normalized spacial score (nSPS) is 11.8. The van der Waals surface area contributed by atoms with Gasteiger partial charge in [0.1, 0.15) is 11.4 Å². The second-order valence-corrected chi connectivity index (χ2v) is 10.2. The first-order valence-electron chi connectivity index (χ1n) is 13.4. The molecule has 4 heterocycles. The third-order valence-electron chi connectivity index (χ3n) is 7.64. The van der Waals surface area contributed by atoms with E-state index in [1.54, 1.807) is 0 Å². The maximum absolute atomic E-state index is 6.59. The number of nitrogens with zero attached hydrogens (tertiary/aromatic N) is 4. The van der Waals surface area contributed by atoms with Crippen LogP contribution in [0.25, 0.3) is 72.3 Å². The zero-order valence-electron chi connectivity index (χ0n) is 22.1. The molecule has 0 N–H and O–H groups in total. The van der Waals surface area contributed by atoms with E-state index in [0.717, 1.165) is 77.9 Å². The molecule has 0 bridgehead atoms. The van der Waals surface area contributed by atoms with Gasteiger partial charge in [-0.15, -0.1) is 0 Å². The van der Waals surface area contributed by atoms with Crippen LogP contribution in [0.3, 0.4) is 0 Å². The summed E-state index contributed by atoms with van der Waals surface area (Å²) in [7, 11) is 0. The third-order valence-corrected chi connectivity index (χ3v) is 7.64. The van der Waals surface area contributed by atoms with Gasteiger partial charge in [0.2, 0.25) is 5.71 Å². The van der Waals surface area contributed by atoms with E-state index < -0.39 is 0 Å². The quantitative estimate of drug-likeness (QED) is 0.235.